The minimum atomic E-state index is -0.126. The van der Waals surface area contributed by atoms with Crippen molar-refractivity contribution in [2.75, 3.05) is 7.05 Å². The molecule has 140 valence electrons. The van der Waals surface area contributed by atoms with Gasteiger partial charge in [-0.15, -0.1) is 5.10 Å². The highest BCUT2D eigenvalue weighted by Crippen LogP contribution is 2.24. The van der Waals surface area contributed by atoms with Gasteiger partial charge < -0.3 is 9.32 Å². The second kappa shape index (κ2) is 7.66. The highest BCUT2D eigenvalue weighted by molar-refractivity contribution is 6.30. The molecule has 0 saturated heterocycles. The summed E-state index contributed by atoms with van der Waals surface area (Å²) in [5.74, 6) is 1.30. The van der Waals surface area contributed by atoms with E-state index in [2.05, 4.69) is 15.5 Å². The molecule has 0 fully saturated rings. The van der Waals surface area contributed by atoms with Crippen molar-refractivity contribution in [1.29, 1.82) is 0 Å². The molecule has 4 aromatic rings. The lowest BCUT2D eigenvalue weighted by molar-refractivity contribution is 0.0775. The molecule has 8 heteroatoms. The van der Waals surface area contributed by atoms with Crippen molar-refractivity contribution < 1.29 is 9.21 Å². The maximum absolute atomic E-state index is 12.8. The van der Waals surface area contributed by atoms with Gasteiger partial charge >= 0.3 is 0 Å². The third kappa shape index (κ3) is 3.79. The van der Waals surface area contributed by atoms with Crippen LogP contribution in [0.15, 0.2) is 71.4 Å². The predicted octanol–water partition coefficient (Wildman–Crippen LogP) is 3.85. The number of halogens is 1. The van der Waals surface area contributed by atoms with Gasteiger partial charge in [-0.1, -0.05) is 17.7 Å². The number of tetrazole rings is 1. The first kappa shape index (κ1) is 17.9. The van der Waals surface area contributed by atoms with Crippen molar-refractivity contribution in [3.05, 3.63) is 83.3 Å². The normalized spacial score (nSPS) is 10.8. The van der Waals surface area contributed by atoms with Crippen LogP contribution in [0.2, 0.25) is 5.02 Å². The average Bonchev–Trinajstić information content (AvgIpc) is 3.40. The number of carbonyl (C=O) groups excluding carboxylic acids is 1. The van der Waals surface area contributed by atoms with Crippen LogP contribution in [-0.4, -0.2) is 38.1 Å². The summed E-state index contributed by atoms with van der Waals surface area (Å²) < 4.78 is 7.38. The number of carbonyl (C=O) groups is 1. The van der Waals surface area contributed by atoms with E-state index in [1.807, 2.05) is 42.5 Å². The Balaban J connectivity index is 1.48. The molecule has 0 radical (unpaired) electrons. The van der Waals surface area contributed by atoms with E-state index in [-0.39, 0.29) is 5.91 Å². The van der Waals surface area contributed by atoms with E-state index in [1.54, 1.807) is 30.1 Å². The van der Waals surface area contributed by atoms with Gasteiger partial charge in [0.15, 0.2) is 0 Å². The number of rotatable bonds is 5. The van der Waals surface area contributed by atoms with E-state index >= 15 is 0 Å². The lowest BCUT2D eigenvalue weighted by atomic mass is 10.1. The van der Waals surface area contributed by atoms with Crippen LogP contribution in [0.3, 0.4) is 0 Å². The van der Waals surface area contributed by atoms with Gasteiger partial charge in [-0.25, -0.2) is 4.68 Å². The molecule has 0 bridgehead atoms. The standard InChI is InChI=1S/C20H16ClN5O2/c1-25(12-18-9-10-19(28-18)14-5-7-16(21)8-6-14)20(27)15-3-2-4-17(11-15)26-13-22-23-24-26/h2-11,13H,12H2,1H3. The first-order chi connectivity index (χ1) is 13.6. The molecule has 0 N–H and O–H groups in total. The van der Waals surface area contributed by atoms with Crippen LogP contribution in [0.25, 0.3) is 17.0 Å². The fourth-order valence-electron chi connectivity index (χ4n) is 2.82. The number of furan rings is 1. The Morgan fingerprint density at radius 3 is 2.71 bits per heavy atom. The molecule has 0 aliphatic carbocycles. The minimum Gasteiger partial charge on any atom is -0.459 e. The summed E-state index contributed by atoms with van der Waals surface area (Å²) in [7, 11) is 1.73. The molecule has 1 amide bonds. The Morgan fingerprint density at radius 1 is 1.14 bits per heavy atom. The Bertz CT molecular complexity index is 1090. The molecule has 0 spiro atoms. The zero-order valence-electron chi connectivity index (χ0n) is 15.0. The molecule has 4 rings (SSSR count). The van der Waals surface area contributed by atoms with Gasteiger partial charge in [0.25, 0.3) is 5.91 Å². The zero-order chi connectivity index (χ0) is 19.5. The number of amides is 1. The number of nitrogens with zero attached hydrogens (tertiary/aromatic N) is 5. The van der Waals surface area contributed by atoms with E-state index in [1.165, 1.54) is 11.0 Å². The molecule has 0 aliphatic heterocycles. The van der Waals surface area contributed by atoms with Crippen molar-refractivity contribution in [3.63, 3.8) is 0 Å². The lowest BCUT2D eigenvalue weighted by Gasteiger charge is -2.16. The summed E-state index contributed by atoms with van der Waals surface area (Å²) in [6.45, 7) is 0.349. The fourth-order valence-corrected chi connectivity index (χ4v) is 2.95. The molecule has 0 aliphatic rings. The SMILES string of the molecule is CN(Cc1ccc(-c2ccc(Cl)cc2)o1)C(=O)c1cccc(-n2cnnn2)c1. The van der Waals surface area contributed by atoms with Crippen molar-refractivity contribution in [2.45, 2.75) is 6.54 Å². The van der Waals surface area contributed by atoms with Crippen molar-refractivity contribution in [1.82, 2.24) is 25.1 Å². The van der Waals surface area contributed by atoms with Gasteiger partial charge in [0.2, 0.25) is 0 Å². The molecule has 7 nitrogen and oxygen atoms in total. The zero-order valence-corrected chi connectivity index (χ0v) is 15.7. The molecule has 28 heavy (non-hydrogen) atoms. The van der Waals surface area contributed by atoms with Crippen molar-refractivity contribution in [2.24, 2.45) is 0 Å². The Morgan fingerprint density at radius 2 is 1.96 bits per heavy atom. The number of benzene rings is 2. The maximum atomic E-state index is 12.8. The number of aromatic nitrogens is 4. The summed E-state index contributed by atoms with van der Waals surface area (Å²) in [6.07, 6.45) is 1.48. The van der Waals surface area contributed by atoms with E-state index < -0.39 is 0 Å². The van der Waals surface area contributed by atoms with Crippen LogP contribution < -0.4 is 0 Å². The Labute approximate surface area is 166 Å². The van der Waals surface area contributed by atoms with Gasteiger partial charge in [-0.2, -0.15) is 0 Å². The van der Waals surface area contributed by atoms with Gasteiger partial charge in [0.05, 0.1) is 12.2 Å². The highest BCUT2D eigenvalue weighted by atomic mass is 35.5. The number of hydrogen-bond donors (Lipinski definition) is 0. The van der Waals surface area contributed by atoms with E-state index in [0.717, 1.165) is 11.3 Å². The number of hydrogen-bond acceptors (Lipinski definition) is 5. The van der Waals surface area contributed by atoms with Crippen LogP contribution in [-0.2, 0) is 6.54 Å². The second-order valence-electron chi connectivity index (χ2n) is 6.24. The smallest absolute Gasteiger partial charge is 0.254 e. The molecule has 2 aromatic heterocycles. The van der Waals surface area contributed by atoms with Gasteiger partial charge in [0.1, 0.15) is 17.8 Å². The van der Waals surface area contributed by atoms with Gasteiger partial charge in [0, 0.05) is 23.2 Å². The molecular formula is C20H16ClN5O2. The van der Waals surface area contributed by atoms with Crippen LogP contribution in [0, 0.1) is 0 Å². The quantitative estimate of drug-likeness (QED) is 0.514. The summed E-state index contributed by atoms with van der Waals surface area (Å²) in [5, 5.41) is 11.7. The summed E-state index contributed by atoms with van der Waals surface area (Å²) >= 11 is 5.92. The van der Waals surface area contributed by atoms with E-state index in [9.17, 15) is 4.79 Å². The summed E-state index contributed by atoms with van der Waals surface area (Å²) in [5.41, 5.74) is 2.19. The first-order valence-corrected chi connectivity index (χ1v) is 8.91. The molecule has 2 heterocycles. The van der Waals surface area contributed by atoms with Gasteiger partial charge in [-0.3, -0.25) is 4.79 Å². The lowest BCUT2D eigenvalue weighted by Crippen LogP contribution is -2.26. The van der Waals surface area contributed by atoms with Crippen LogP contribution in [0.1, 0.15) is 16.1 Å². The predicted molar refractivity (Wildman–Crippen MR) is 104 cm³/mol. The van der Waals surface area contributed by atoms with Gasteiger partial charge in [-0.05, 0) is 65.0 Å². The van der Waals surface area contributed by atoms with Crippen molar-refractivity contribution >= 4 is 17.5 Å². The fraction of sp³-hybridized carbons (Fsp3) is 0.100. The largest absolute Gasteiger partial charge is 0.459 e. The molecule has 2 aromatic carbocycles. The third-order valence-corrected chi connectivity index (χ3v) is 4.49. The summed E-state index contributed by atoms with van der Waals surface area (Å²) in [4.78, 5) is 14.4. The molecule has 0 atom stereocenters. The van der Waals surface area contributed by atoms with Crippen LogP contribution >= 0.6 is 11.6 Å². The highest BCUT2D eigenvalue weighted by Gasteiger charge is 2.15. The minimum absolute atomic E-state index is 0.126. The third-order valence-electron chi connectivity index (χ3n) is 4.24. The Hall–Kier alpha value is -3.45. The molecule has 0 unspecified atom stereocenters. The average molecular weight is 394 g/mol. The molecule has 0 saturated carbocycles. The van der Waals surface area contributed by atoms with E-state index in [0.29, 0.717) is 28.6 Å². The first-order valence-electron chi connectivity index (χ1n) is 8.54. The Kier molecular flexibility index (Phi) is 4.90. The topological polar surface area (TPSA) is 77.0 Å². The van der Waals surface area contributed by atoms with Crippen LogP contribution in [0.4, 0.5) is 0 Å². The maximum Gasteiger partial charge on any atom is 0.254 e. The van der Waals surface area contributed by atoms with Crippen LogP contribution in [0.5, 0.6) is 0 Å². The molecular weight excluding hydrogens is 378 g/mol. The van der Waals surface area contributed by atoms with Crippen molar-refractivity contribution in [3.8, 4) is 17.0 Å². The monoisotopic (exact) mass is 393 g/mol. The summed E-state index contributed by atoms with van der Waals surface area (Å²) in [6, 6.07) is 18.3. The van der Waals surface area contributed by atoms with E-state index in [4.69, 9.17) is 16.0 Å². The second-order valence-corrected chi connectivity index (χ2v) is 6.68.